The number of ether oxygens (including phenoxy) is 2. The van der Waals surface area contributed by atoms with E-state index in [4.69, 9.17) is 9.47 Å². The maximum atomic E-state index is 12.0. The molecule has 0 saturated carbocycles. The fraction of sp³-hybridized carbons (Fsp3) is 0.474. The number of allylic oxidation sites excluding steroid dienone is 1. The van der Waals surface area contributed by atoms with E-state index in [0.29, 0.717) is 23.6 Å². The number of nitro benzene ring substituents is 1. The van der Waals surface area contributed by atoms with Crippen LogP contribution >= 0.6 is 0 Å². The van der Waals surface area contributed by atoms with Crippen LogP contribution in [-0.4, -0.2) is 40.7 Å². The standard InChI is InChI=1S/C19H22N2O6/c1-11-16(19(22)23)17(13-6-5-7-14(10-13)21(24)25)18(12(2)20-11)27-15-8-3-4-9-26-15/h5-7,10,15,17-18H,3-4,8-9H2,1-2H3,(H,22,23)/t15?,17-,18?/m0/s1. The monoisotopic (exact) mass is 374 g/mol. The number of aliphatic imine (C=N–C) groups is 1. The Morgan fingerprint density at radius 1 is 1.37 bits per heavy atom. The number of hydrogen-bond donors (Lipinski definition) is 1. The number of carboxylic acid groups (broad SMARTS) is 1. The van der Waals surface area contributed by atoms with E-state index in [9.17, 15) is 20.0 Å². The van der Waals surface area contributed by atoms with E-state index in [1.54, 1.807) is 26.0 Å². The number of rotatable bonds is 5. The molecule has 1 N–H and O–H groups in total. The summed E-state index contributed by atoms with van der Waals surface area (Å²) in [6, 6.07) is 6.02. The van der Waals surface area contributed by atoms with Crippen LogP contribution in [0.2, 0.25) is 0 Å². The molecule has 1 aromatic carbocycles. The van der Waals surface area contributed by atoms with Crippen LogP contribution in [0.1, 0.15) is 44.6 Å². The Morgan fingerprint density at radius 3 is 2.78 bits per heavy atom. The predicted molar refractivity (Wildman–Crippen MR) is 97.7 cm³/mol. The quantitative estimate of drug-likeness (QED) is 0.624. The summed E-state index contributed by atoms with van der Waals surface area (Å²) in [5.74, 6) is -1.82. The minimum absolute atomic E-state index is 0.0851. The highest BCUT2D eigenvalue weighted by atomic mass is 16.7. The van der Waals surface area contributed by atoms with Gasteiger partial charge in [-0.2, -0.15) is 0 Å². The Balaban J connectivity index is 2.04. The Bertz CT molecular complexity index is 810. The molecule has 0 spiro atoms. The number of carboxylic acids is 1. The number of benzene rings is 1. The third-order valence-electron chi connectivity index (χ3n) is 4.87. The molecule has 8 heteroatoms. The van der Waals surface area contributed by atoms with Crippen LogP contribution in [0.25, 0.3) is 0 Å². The smallest absolute Gasteiger partial charge is 0.334 e. The first-order chi connectivity index (χ1) is 12.9. The Hall–Kier alpha value is -2.58. The van der Waals surface area contributed by atoms with Crippen molar-refractivity contribution in [1.82, 2.24) is 0 Å². The summed E-state index contributed by atoms with van der Waals surface area (Å²) in [7, 11) is 0. The predicted octanol–water partition coefficient (Wildman–Crippen LogP) is 3.42. The van der Waals surface area contributed by atoms with E-state index >= 15 is 0 Å². The average Bonchev–Trinajstić information content (AvgIpc) is 2.64. The fourth-order valence-electron chi connectivity index (χ4n) is 3.63. The molecular weight excluding hydrogens is 352 g/mol. The number of nitrogens with zero attached hydrogens (tertiary/aromatic N) is 2. The van der Waals surface area contributed by atoms with Crippen molar-refractivity contribution >= 4 is 17.4 Å². The maximum Gasteiger partial charge on any atom is 0.334 e. The summed E-state index contributed by atoms with van der Waals surface area (Å²) >= 11 is 0. The van der Waals surface area contributed by atoms with E-state index in [1.807, 2.05) is 0 Å². The van der Waals surface area contributed by atoms with Gasteiger partial charge in [0.25, 0.3) is 5.69 Å². The lowest BCUT2D eigenvalue weighted by molar-refractivity contribution is -0.384. The number of nitro groups is 1. The zero-order chi connectivity index (χ0) is 19.6. The van der Waals surface area contributed by atoms with Gasteiger partial charge < -0.3 is 14.6 Å². The first-order valence-electron chi connectivity index (χ1n) is 8.89. The van der Waals surface area contributed by atoms with Gasteiger partial charge in [0, 0.05) is 36.1 Å². The fourth-order valence-corrected chi connectivity index (χ4v) is 3.63. The van der Waals surface area contributed by atoms with Gasteiger partial charge in [-0.3, -0.25) is 15.1 Å². The van der Waals surface area contributed by atoms with Crippen LogP contribution < -0.4 is 0 Å². The summed E-state index contributed by atoms with van der Waals surface area (Å²) in [5, 5.41) is 21.0. The average molecular weight is 374 g/mol. The molecule has 3 rings (SSSR count). The molecule has 2 unspecified atom stereocenters. The summed E-state index contributed by atoms with van der Waals surface area (Å²) in [5.41, 5.74) is 1.50. The van der Waals surface area contributed by atoms with Gasteiger partial charge in [-0.25, -0.2) is 4.79 Å². The van der Waals surface area contributed by atoms with Crippen LogP contribution in [0.15, 0.2) is 40.5 Å². The van der Waals surface area contributed by atoms with Crippen LogP contribution in [0.5, 0.6) is 0 Å². The lowest BCUT2D eigenvalue weighted by atomic mass is 9.81. The molecule has 0 bridgehead atoms. The van der Waals surface area contributed by atoms with Crippen LogP contribution in [0, 0.1) is 10.1 Å². The summed E-state index contributed by atoms with van der Waals surface area (Å²) in [6.45, 7) is 4.00. The molecule has 1 saturated heterocycles. The van der Waals surface area contributed by atoms with Crippen molar-refractivity contribution in [1.29, 1.82) is 0 Å². The first kappa shape index (κ1) is 19.2. The number of non-ortho nitro benzene ring substituents is 1. The second kappa shape index (κ2) is 7.98. The third kappa shape index (κ3) is 4.06. The van der Waals surface area contributed by atoms with Gasteiger partial charge in [0.05, 0.1) is 10.5 Å². The molecule has 2 aliphatic rings. The van der Waals surface area contributed by atoms with Crippen LogP contribution in [0.4, 0.5) is 5.69 Å². The largest absolute Gasteiger partial charge is 0.478 e. The second-order valence-corrected chi connectivity index (χ2v) is 6.74. The van der Waals surface area contributed by atoms with Gasteiger partial charge >= 0.3 is 5.97 Å². The minimum atomic E-state index is -1.11. The molecule has 3 atom stereocenters. The molecule has 2 aliphatic heterocycles. The van der Waals surface area contributed by atoms with Gasteiger partial charge in [-0.05, 0) is 38.7 Å². The topological polar surface area (TPSA) is 111 Å². The molecule has 0 aromatic heterocycles. The normalized spacial score (nSPS) is 25.9. The van der Waals surface area contributed by atoms with Gasteiger partial charge in [-0.1, -0.05) is 12.1 Å². The van der Waals surface area contributed by atoms with Crippen molar-refractivity contribution in [2.24, 2.45) is 4.99 Å². The highest BCUT2D eigenvalue weighted by Crippen LogP contribution is 2.38. The minimum Gasteiger partial charge on any atom is -0.478 e. The van der Waals surface area contributed by atoms with E-state index in [2.05, 4.69) is 4.99 Å². The lowest BCUT2D eigenvalue weighted by Crippen LogP contribution is -2.40. The van der Waals surface area contributed by atoms with Crippen molar-refractivity contribution in [3.63, 3.8) is 0 Å². The van der Waals surface area contributed by atoms with E-state index in [-0.39, 0.29) is 11.3 Å². The zero-order valence-corrected chi connectivity index (χ0v) is 15.3. The molecule has 2 heterocycles. The molecule has 0 amide bonds. The second-order valence-electron chi connectivity index (χ2n) is 6.74. The van der Waals surface area contributed by atoms with Gasteiger partial charge in [0.15, 0.2) is 6.29 Å². The number of carbonyl (C=O) groups is 1. The highest BCUT2D eigenvalue weighted by Gasteiger charge is 2.39. The molecule has 0 aliphatic carbocycles. The van der Waals surface area contributed by atoms with E-state index in [0.717, 1.165) is 19.3 Å². The lowest BCUT2D eigenvalue weighted by Gasteiger charge is -2.35. The van der Waals surface area contributed by atoms with Gasteiger partial charge in [-0.15, -0.1) is 0 Å². The van der Waals surface area contributed by atoms with Gasteiger partial charge in [0.2, 0.25) is 0 Å². The van der Waals surface area contributed by atoms with Crippen molar-refractivity contribution in [2.45, 2.75) is 51.4 Å². The van der Waals surface area contributed by atoms with Crippen molar-refractivity contribution in [3.05, 3.63) is 51.2 Å². The van der Waals surface area contributed by atoms with E-state index in [1.165, 1.54) is 12.1 Å². The summed E-state index contributed by atoms with van der Waals surface area (Å²) < 4.78 is 11.8. The summed E-state index contributed by atoms with van der Waals surface area (Å²) in [4.78, 5) is 27.0. The third-order valence-corrected chi connectivity index (χ3v) is 4.87. The SMILES string of the molecule is CC1=NC(C)=C(C(=O)O)[C@H](c2cccc([N+](=O)[O-])c2)C1OC1CCCCO1. The Morgan fingerprint density at radius 2 is 2.15 bits per heavy atom. The Labute approximate surface area is 156 Å². The number of hydrogen-bond acceptors (Lipinski definition) is 6. The highest BCUT2D eigenvalue weighted by molar-refractivity contribution is 5.97. The maximum absolute atomic E-state index is 12.0. The molecular formula is C19H22N2O6. The van der Waals surface area contributed by atoms with E-state index < -0.39 is 29.2 Å². The van der Waals surface area contributed by atoms with Crippen molar-refractivity contribution in [2.75, 3.05) is 6.61 Å². The van der Waals surface area contributed by atoms with Crippen molar-refractivity contribution < 1.29 is 24.3 Å². The van der Waals surface area contributed by atoms with Crippen LogP contribution in [-0.2, 0) is 14.3 Å². The van der Waals surface area contributed by atoms with Crippen molar-refractivity contribution in [3.8, 4) is 0 Å². The molecule has 1 fully saturated rings. The molecule has 8 nitrogen and oxygen atoms in total. The molecule has 0 radical (unpaired) electrons. The number of aliphatic carboxylic acids is 1. The first-order valence-corrected chi connectivity index (χ1v) is 8.89. The van der Waals surface area contributed by atoms with Crippen LogP contribution in [0.3, 0.4) is 0 Å². The zero-order valence-electron chi connectivity index (χ0n) is 15.3. The molecule has 27 heavy (non-hydrogen) atoms. The van der Waals surface area contributed by atoms with Gasteiger partial charge in [0.1, 0.15) is 6.10 Å². The molecule has 144 valence electrons. The summed E-state index contributed by atoms with van der Waals surface area (Å²) in [6.07, 6.45) is 1.55. The molecule has 1 aromatic rings. The Kier molecular flexibility index (Phi) is 5.67.